The van der Waals surface area contributed by atoms with E-state index >= 15 is 0 Å². The summed E-state index contributed by atoms with van der Waals surface area (Å²) in [4.78, 5) is 0. The van der Waals surface area contributed by atoms with Crippen LogP contribution in [0.1, 0.15) is 25.8 Å². The molecule has 0 saturated heterocycles. The van der Waals surface area contributed by atoms with E-state index in [2.05, 4.69) is 26.0 Å². The predicted octanol–water partition coefficient (Wildman–Crippen LogP) is 2.65. The molecule has 0 amide bonds. The van der Waals surface area contributed by atoms with Gasteiger partial charge < -0.3 is 9.84 Å². The molecular formula is C13H20O2. The molecule has 0 aliphatic heterocycles. The Morgan fingerprint density at radius 3 is 2.67 bits per heavy atom. The summed E-state index contributed by atoms with van der Waals surface area (Å²) >= 11 is 0. The second kappa shape index (κ2) is 5.17. The summed E-state index contributed by atoms with van der Waals surface area (Å²) in [6.45, 7) is 4.59. The number of aliphatic hydroxyl groups is 1. The van der Waals surface area contributed by atoms with Crippen molar-refractivity contribution in [2.45, 2.75) is 26.7 Å². The molecule has 1 rings (SSSR count). The summed E-state index contributed by atoms with van der Waals surface area (Å²) in [6.07, 6.45) is 1.79. The first-order valence-electron chi connectivity index (χ1n) is 5.31. The Balaban J connectivity index is 2.71. The fourth-order valence-corrected chi connectivity index (χ4v) is 1.73. The van der Waals surface area contributed by atoms with Crippen LogP contribution in [0, 0.1) is 5.41 Å². The molecule has 1 N–H and O–H groups in total. The summed E-state index contributed by atoms with van der Waals surface area (Å²) in [5.74, 6) is 0.896. The van der Waals surface area contributed by atoms with Crippen molar-refractivity contribution in [3.05, 3.63) is 29.8 Å². The van der Waals surface area contributed by atoms with E-state index in [0.717, 1.165) is 18.6 Å². The lowest BCUT2D eigenvalue weighted by Crippen LogP contribution is -2.16. The average Bonchev–Trinajstić information content (AvgIpc) is 2.17. The monoisotopic (exact) mass is 208 g/mol. The van der Waals surface area contributed by atoms with E-state index in [-0.39, 0.29) is 12.0 Å². The first-order valence-corrected chi connectivity index (χ1v) is 5.31. The van der Waals surface area contributed by atoms with Crippen molar-refractivity contribution >= 4 is 0 Å². The molecule has 0 bridgehead atoms. The molecule has 1 aromatic rings. The lowest BCUT2D eigenvalue weighted by atomic mass is 9.83. The van der Waals surface area contributed by atoms with Crippen LogP contribution in [0.3, 0.4) is 0 Å². The molecule has 0 spiro atoms. The highest BCUT2D eigenvalue weighted by Crippen LogP contribution is 2.26. The molecule has 0 unspecified atom stereocenters. The molecule has 0 aliphatic carbocycles. The Hall–Kier alpha value is -1.02. The smallest absolute Gasteiger partial charge is 0.119 e. The number of methoxy groups -OCH3 is 1. The first kappa shape index (κ1) is 12.1. The zero-order chi connectivity index (χ0) is 11.3. The minimum Gasteiger partial charge on any atom is -0.497 e. The van der Waals surface area contributed by atoms with Crippen molar-refractivity contribution in [2.75, 3.05) is 13.7 Å². The Labute approximate surface area is 91.9 Å². The van der Waals surface area contributed by atoms with E-state index in [1.165, 1.54) is 5.56 Å². The Bertz CT molecular complexity index is 305. The fourth-order valence-electron chi connectivity index (χ4n) is 1.73. The summed E-state index contributed by atoms with van der Waals surface area (Å²) in [6, 6.07) is 8.10. The standard InChI is InChI=1S/C13H20O2/c1-13(2,7-8-14)10-11-5-4-6-12(9-11)15-3/h4-6,9,14H,7-8,10H2,1-3H3. The molecule has 0 heterocycles. The number of aliphatic hydroxyl groups excluding tert-OH is 1. The van der Waals surface area contributed by atoms with E-state index < -0.39 is 0 Å². The van der Waals surface area contributed by atoms with E-state index in [1.54, 1.807) is 7.11 Å². The highest BCUT2D eigenvalue weighted by molar-refractivity contribution is 5.29. The fraction of sp³-hybridized carbons (Fsp3) is 0.538. The van der Waals surface area contributed by atoms with Gasteiger partial charge in [-0.3, -0.25) is 0 Å². The second-order valence-electron chi connectivity index (χ2n) is 4.67. The maximum Gasteiger partial charge on any atom is 0.119 e. The highest BCUT2D eigenvalue weighted by Gasteiger charge is 2.17. The second-order valence-corrected chi connectivity index (χ2v) is 4.67. The minimum absolute atomic E-state index is 0.140. The largest absolute Gasteiger partial charge is 0.497 e. The van der Waals surface area contributed by atoms with E-state index in [4.69, 9.17) is 9.84 Å². The third-order valence-electron chi connectivity index (χ3n) is 2.61. The predicted molar refractivity (Wildman–Crippen MR) is 62.2 cm³/mol. The number of ether oxygens (including phenoxy) is 1. The normalized spacial score (nSPS) is 11.5. The molecule has 84 valence electrons. The molecule has 0 aliphatic rings. The highest BCUT2D eigenvalue weighted by atomic mass is 16.5. The van der Waals surface area contributed by atoms with Crippen molar-refractivity contribution < 1.29 is 9.84 Å². The van der Waals surface area contributed by atoms with Crippen molar-refractivity contribution in [3.8, 4) is 5.75 Å². The molecule has 15 heavy (non-hydrogen) atoms. The molecule has 0 saturated carbocycles. The van der Waals surface area contributed by atoms with Crippen molar-refractivity contribution in [3.63, 3.8) is 0 Å². The molecule has 2 heteroatoms. The van der Waals surface area contributed by atoms with Crippen LogP contribution in [0.5, 0.6) is 5.75 Å². The van der Waals surface area contributed by atoms with Crippen LogP contribution >= 0.6 is 0 Å². The molecule has 2 nitrogen and oxygen atoms in total. The van der Waals surface area contributed by atoms with Gasteiger partial charge in [0.15, 0.2) is 0 Å². The van der Waals surface area contributed by atoms with Gasteiger partial charge in [0, 0.05) is 6.61 Å². The summed E-state index contributed by atoms with van der Waals surface area (Å²) in [5, 5.41) is 8.96. The summed E-state index contributed by atoms with van der Waals surface area (Å²) < 4.78 is 5.18. The number of benzene rings is 1. The van der Waals surface area contributed by atoms with Gasteiger partial charge in [0.25, 0.3) is 0 Å². The molecule has 0 radical (unpaired) electrons. The van der Waals surface area contributed by atoms with Crippen LogP contribution in [-0.2, 0) is 6.42 Å². The number of rotatable bonds is 5. The van der Waals surface area contributed by atoms with Crippen molar-refractivity contribution in [1.82, 2.24) is 0 Å². The van der Waals surface area contributed by atoms with Crippen LogP contribution < -0.4 is 4.74 Å². The van der Waals surface area contributed by atoms with Gasteiger partial charge in [-0.05, 0) is 36.0 Å². The molecule has 0 aromatic heterocycles. The van der Waals surface area contributed by atoms with Crippen molar-refractivity contribution in [2.24, 2.45) is 5.41 Å². The van der Waals surface area contributed by atoms with Gasteiger partial charge in [-0.2, -0.15) is 0 Å². The van der Waals surface area contributed by atoms with Crippen LogP contribution in [0.15, 0.2) is 24.3 Å². The van der Waals surface area contributed by atoms with Crippen LogP contribution in [0.4, 0.5) is 0 Å². The van der Waals surface area contributed by atoms with Crippen molar-refractivity contribution in [1.29, 1.82) is 0 Å². The third-order valence-corrected chi connectivity index (χ3v) is 2.61. The number of hydrogen-bond donors (Lipinski definition) is 1. The van der Waals surface area contributed by atoms with Crippen LogP contribution in [0.25, 0.3) is 0 Å². The Morgan fingerprint density at radius 2 is 2.07 bits per heavy atom. The zero-order valence-corrected chi connectivity index (χ0v) is 9.79. The van der Waals surface area contributed by atoms with Gasteiger partial charge in [-0.1, -0.05) is 26.0 Å². The summed E-state index contributed by atoms with van der Waals surface area (Å²) in [5.41, 5.74) is 1.40. The quantitative estimate of drug-likeness (QED) is 0.806. The van der Waals surface area contributed by atoms with Gasteiger partial charge in [-0.25, -0.2) is 0 Å². The van der Waals surface area contributed by atoms with E-state index in [9.17, 15) is 0 Å². The third kappa shape index (κ3) is 3.92. The lowest BCUT2D eigenvalue weighted by Gasteiger charge is -2.23. The van der Waals surface area contributed by atoms with Gasteiger partial charge >= 0.3 is 0 Å². The van der Waals surface area contributed by atoms with Gasteiger partial charge in [0.2, 0.25) is 0 Å². The van der Waals surface area contributed by atoms with Crippen LogP contribution in [-0.4, -0.2) is 18.8 Å². The van der Waals surface area contributed by atoms with Crippen LogP contribution in [0.2, 0.25) is 0 Å². The molecule has 0 fully saturated rings. The average molecular weight is 208 g/mol. The Morgan fingerprint density at radius 1 is 1.33 bits per heavy atom. The number of hydrogen-bond acceptors (Lipinski definition) is 2. The molecule has 1 aromatic carbocycles. The zero-order valence-electron chi connectivity index (χ0n) is 9.79. The lowest BCUT2D eigenvalue weighted by molar-refractivity contribution is 0.211. The molecule has 0 atom stereocenters. The first-order chi connectivity index (χ1) is 7.07. The maximum atomic E-state index is 8.96. The SMILES string of the molecule is COc1cccc(CC(C)(C)CCO)c1. The summed E-state index contributed by atoms with van der Waals surface area (Å²) in [7, 11) is 1.68. The van der Waals surface area contributed by atoms with Gasteiger partial charge in [0.05, 0.1) is 7.11 Å². The minimum atomic E-state index is 0.140. The maximum absolute atomic E-state index is 8.96. The van der Waals surface area contributed by atoms with E-state index in [0.29, 0.717) is 0 Å². The van der Waals surface area contributed by atoms with Gasteiger partial charge in [-0.15, -0.1) is 0 Å². The molecular weight excluding hydrogens is 188 g/mol. The Kier molecular flexibility index (Phi) is 4.15. The topological polar surface area (TPSA) is 29.5 Å². The van der Waals surface area contributed by atoms with E-state index in [1.807, 2.05) is 12.1 Å². The van der Waals surface area contributed by atoms with Gasteiger partial charge in [0.1, 0.15) is 5.75 Å².